The van der Waals surface area contributed by atoms with E-state index in [2.05, 4.69) is 0 Å². The van der Waals surface area contributed by atoms with Crippen molar-refractivity contribution in [1.29, 1.82) is 0 Å². The Balaban J connectivity index is 1.68. The number of thiazole rings is 1. The number of fused-ring (bicyclic) bond motifs is 1. The summed E-state index contributed by atoms with van der Waals surface area (Å²) in [6.45, 7) is 3.61. The van der Waals surface area contributed by atoms with Crippen molar-refractivity contribution in [3.63, 3.8) is 0 Å². The van der Waals surface area contributed by atoms with Crippen LogP contribution in [0, 0.1) is 0 Å². The Hall–Kier alpha value is -0.940. The van der Waals surface area contributed by atoms with Gasteiger partial charge >= 0.3 is 0 Å². The molecule has 1 amide bonds. The Labute approximate surface area is 130 Å². The van der Waals surface area contributed by atoms with Gasteiger partial charge in [-0.3, -0.25) is 4.79 Å². The van der Waals surface area contributed by atoms with Crippen LogP contribution in [0.25, 0.3) is 0 Å². The highest BCUT2D eigenvalue weighted by Crippen LogP contribution is 2.34. The van der Waals surface area contributed by atoms with Crippen LogP contribution in [0.5, 0.6) is 0 Å². The molecule has 0 spiro atoms. The number of nitrogens with two attached hydrogens (primary N) is 1. The Morgan fingerprint density at radius 2 is 2.24 bits per heavy atom. The molecular formula is C16H25N3OS. The van der Waals surface area contributed by atoms with Crippen molar-refractivity contribution in [2.75, 3.05) is 13.1 Å². The molecule has 0 radical (unpaired) electrons. The minimum Gasteiger partial charge on any atom is -0.342 e. The molecule has 2 atom stereocenters. The van der Waals surface area contributed by atoms with Gasteiger partial charge in [0.1, 0.15) is 0 Å². The van der Waals surface area contributed by atoms with Crippen molar-refractivity contribution in [3.8, 4) is 0 Å². The van der Waals surface area contributed by atoms with Gasteiger partial charge in [0.15, 0.2) is 0 Å². The lowest BCUT2D eigenvalue weighted by atomic mass is 9.98. The zero-order valence-electron chi connectivity index (χ0n) is 12.8. The van der Waals surface area contributed by atoms with Crippen molar-refractivity contribution in [2.45, 2.75) is 63.8 Å². The van der Waals surface area contributed by atoms with Gasteiger partial charge in [0.25, 0.3) is 0 Å². The molecule has 1 aromatic heterocycles. The summed E-state index contributed by atoms with van der Waals surface area (Å²) >= 11 is 1.90. The van der Waals surface area contributed by atoms with Crippen molar-refractivity contribution < 1.29 is 4.79 Å². The number of likely N-dealkylation sites (tertiary alicyclic amines) is 1. The number of carbonyl (C=O) groups excluding carboxylic acids is 1. The summed E-state index contributed by atoms with van der Waals surface area (Å²) in [6.07, 6.45) is 7.63. The van der Waals surface area contributed by atoms with Crippen LogP contribution in [0.1, 0.15) is 60.5 Å². The van der Waals surface area contributed by atoms with Crippen molar-refractivity contribution in [1.82, 2.24) is 9.88 Å². The smallest absolute Gasteiger partial charge is 0.224 e. The average molecular weight is 307 g/mol. The third-order valence-electron chi connectivity index (χ3n) is 4.48. The van der Waals surface area contributed by atoms with E-state index in [1.165, 1.54) is 34.8 Å². The van der Waals surface area contributed by atoms with E-state index >= 15 is 0 Å². The van der Waals surface area contributed by atoms with E-state index in [1.807, 2.05) is 23.2 Å². The van der Waals surface area contributed by atoms with Crippen LogP contribution in [-0.4, -0.2) is 34.9 Å². The molecule has 0 saturated carbocycles. The van der Waals surface area contributed by atoms with E-state index < -0.39 is 0 Å². The molecule has 0 bridgehead atoms. The first-order valence-electron chi connectivity index (χ1n) is 8.15. The topological polar surface area (TPSA) is 59.2 Å². The molecule has 2 unspecified atom stereocenters. The Bertz CT molecular complexity index is 488. The van der Waals surface area contributed by atoms with E-state index in [1.54, 1.807) is 0 Å². The van der Waals surface area contributed by atoms with E-state index in [0.717, 1.165) is 32.4 Å². The largest absolute Gasteiger partial charge is 0.342 e. The molecule has 21 heavy (non-hydrogen) atoms. The van der Waals surface area contributed by atoms with Crippen LogP contribution < -0.4 is 5.73 Å². The van der Waals surface area contributed by atoms with E-state index in [0.29, 0.717) is 12.3 Å². The Morgan fingerprint density at radius 1 is 1.43 bits per heavy atom. The van der Waals surface area contributed by atoms with Gasteiger partial charge < -0.3 is 10.6 Å². The minimum absolute atomic E-state index is 0.0509. The maximum Gasteiger partial charge on any atom is 0.224 e. The maximum absolute atomic E-state index is 12.2. The molecule has 2 aliphatic rings. The summed E-state index contributed by atoms with van der Waals surface area (Å²) < 4.78 is 0. The van der Waals surface area contributed by atoms with Crippen molar-refractivity contribution >= 4 is 17.2 Å². The molecule has 2 heterocycles. The number of hydrogen-bond donors (Lipinski definition) is 1. The fourth-order valence-corrected chi connectivity index (χ4v) is 4.64. The zero-order chi connectivity index (χ0) is 14.8. The molecule has 1 aliphatic heterocycles. The van der Waals surface area contributed by atoms with Gasteiger partial charge in [-0.1, -0.05) is 0 Å². The first kappa shape index (κ1) is 15.0. The number of piperidine rings is 1. The van der Waals surface area contributed by atoms with Crippen molar-refractivity contribution in [3.05, 3.63) is 15.6 Å². The molecule has 5 heteroatoms. The normalized spacial score (nSPS) is 23.7. The number of amides is 1. The number of nitrogens with zero attached hydrogens (tertiary/aromatic N) is 2. The van der Waals surface area contributed by atoms with Crippen LogP contribution in [0.2, 0.25) is 0 Å². The molecule has 1 aliphatic carbocycles. The fraction of sp³-hybridized carbons (Fsp3) is 0.750. The lowest BCUT2D eigenvalue weighted by Crippen LogP contribution is -2.41. The summed E-state index contributed by atoms with van der Waals surface area (Å²) in [5.74, 6) is 0.641. The fourth-order valence-electron chi connectivity index (χ4n) is 3.36. The van der Waals surface area contributed by atoms with Crippen LogP contribution in [-0.2, 0) is 17.6 Å². The highest BCUT2D eigenvalue weighted by atomic mass is 32.1. The monoisotopic (exact) mass is 307 g/mol. The lowest BCUT2D eigenvalue weighted by Gasteiger charge is -2.32. The Morgan fingerprint density at radius 3 is 3.00 bits per heavy atom. The SMILES string of the molecule is CC(N)CC(=O)N1CCCC(c2nc3c(s2)CCCC3)C1. The van der Waals surface area contributed by atoms with Gasteiger partial charge in [0.05, 0.1) is 10.7 Å². The van der Waals surface area contributed by atoms with E-state index in [-0.39, 0.29) is 11.9 Å². The molecule has 116 valence electrons. The quantitative estimate of drug-likeness (QED) is 0.933. The molecule has 1 aromatic rings. The second kappa shape index (κ2) is 6.44. The third-order valence-corrected chi connectivity index (χ3v) is 5.80. The summed E-state index contributed by atoms with van der Waals surface area (Å²) in [5.41, 5.74) is 7.09. The highest BCUT2D eigenvalue weighted by Gasteiger charge is 2.28. The predicted molar refractivity (Wildman–Crippen MR) is 85.6 cm³/mol. The molecule has 3 rings (SSSR count). The van der Waals surface area contributed by atoms with Gasteiger partial charge in [-0.15, -0.1) is 11.3 Å². The molecule has 4 nitrogen and oxygen atoms in total. The number of carbonyl (C=O) groups is 1. The van der Waals surface area contributed by atoms with Crippen LogP contribution in [0.15, 0.2) is 0 Å². The minimum atomic E-state index is -0.0509. The molecule has 1 fully saturated rings. The average Bonchev–Trinajstić information content (AvgIpc) is 2.90. The van der Waals surface area contributed by atoms with Gasteiger partial charge in [-0.25, -0.2) is 4.98 Å². The predicted octanol–water partition coefficient (Wildman–Crippen LogP) is 2.47. The molecule has 2 N–H and O–H groups in total. The summed E-state index contributed by atoms with van der Waals surface area (Å²) in [6, 6.07) is -0.0509. The standard InChI is InChI=1S/C16H25N3OS/c1-11(17)9-15(20)19-8-4-5-12(10-19)16-18-13-6-2-3-7-14(13)21-16/h11-12H,2-10,17H2,1H3. The molecule has 0 aromatic carbocycles. The van der Waals surface area contributed by atoms with E-state index in [4.69, 9.17) is 10.7 Å². The van der Waals surface area contributed by atoms with E-state index in [9.17, 15) is 4.79 Å². The maximum atomic E-state index is 12.2. The summed E-state index contributed by atoms with van der Waals surface area (Å²) in [4.78, 5) is 20.6. The molecular weight excluding hydrogens is 282 g/mol. The number of aryl methyl sites for hydroxylation is 2. The van der Waals surface area contributed by atoms with Gasteiger partial charge in [-0.05, 0) is 45.4 Å². The molecule has 1 saturated heterocycles. The lowest BCUT2D eigenvalue weighted by molar-refractivity contribution is -0.132. The number of hydrogen-bond acceptors (Lipinski definition) is 4. The third kappa shape index (κ3) is 3.46. The second-order valence-corrected chi connectivity index (χ2v) is 7.60. The van der Waals surface area contributed by atoms with Crippen LogP contribution >= 0.6 is 11.3 Å². The summed E-state index contributed by atoms with van der Waals surface area (Å²) in [5, 5.41) is 1.26. The van der Waals surface area contributed by atoms with Crippen LogP contribution in [0.4, 0.5) is 0 Å². The first-order valence-corrected chi connectivity index (χ1v) is 8.97. The van der Waals surface area contributed by atoms with Crippen LogP contribution in [0.3, 0.4) is 0 Å². The highest BCUT2D eigenvalue weighted by molar-refractivity contribution is 7.11. The Kier molecular flexibility index (Phi) is 4.60. The summed E-state index contributed by atoms with van der Waals surface area (Å²) in [7, 11) is 0. The van der Waals surface area contributed by atoms with Gasteiger partial charge in [0.2, 0.25) is 5.91 Å². The van der Waals surface area contributed by atoms with Gasteiger partial charge in [0, 0.05) is 36.3 Å². The first-order chi connectivity index (χ1) is 10.1. The van der Waals surface area contributed by atoms with Crippen molar-refractivity contribution in [2.24, 2.45) is 5.73 Å². The zero-order valence-corrected chi connectivity index (χ0v) is 13.6. The van der Waals surface area contributed by atoms with Gasteiger partial charge in [-0.2, -0.15) is 0 Å². The second-order valence-electron chi connectivity index (χ2n) is 6.49. The number of rotatable bonds is 3. The number of aromatic nitrogens is 1.